The van der Waals surface area contributed by atoms with Crippen LogP contribution in [0.1, 0.15) is 25.7 Å². The van der Waals surface area contributed by atoms with Crippen LogP contribution in [0.5, 0.6) is 0 Å². The Morgan fingerprint density at radius 1 is 1.04 bits per heavy atom. The van der Waals surface area contributed by atoms with Crippen molar-refractivity contribution in [2.75, 3.05) is 44.4 Å². The molecule has 3 aliphatic heterocycles. The van der Waals surface area contributed by atoms with Crippen molar-refractivity contribution in [2.45, 2.75) is 48.7 Å². The zero-order chi connectivity index (χ0) is 20.1. The van der Waals surface area contributed by atoms with Crippen LogP contribution in [0.4, 0.5) is 11.4 Å². The molecule has 3 heterocycles. The summed E-state index contributed by atoms with van der Waals surface area (Å²) in [5, 5.41) is 11.7. The number of benzene rings is 1. The van der Waals surface area contributed by atoms with Crippen molar-refractivity contribution in [3.8, 4) is 0 Å². The molecule has 3 aliphatic rings. The van der Waals surface area contributed by atoms with Gasteiger partial charge in [0.25, 0.3) is 0 Å². The maximum Gasteiger partial charge on any atom is 0.311 e. The predicted octanol–water partition coefficient (Wildman–Crippen LogP) is 1.75. The molecule has 0 N–H and O–H groups in total. The van der Waals surface area contributed by atoms with Crippen LogP contribution < -0.4 is 4.90 Å². The second-order valence-electron chi connectivity index (χ2n) is 8.35. The first-order chi connectivity index (χ1) is 13.3. The number of nitro benzene ring substituents is 1. The minimum atomic E-state index is -3.66. The van der Waals surface area contributed by atoms with Gasteiger partial charge in [-0.2, -0.15) is 0 Å². The fourth-order valence-electron chi connectivity index (χ4n) is 5.26. The molecule has 154 valence electrons. The first kappa shape index (κ1) is 19.6. The summed E-state index contributed by atoms with van der Waals surface area (Å²) in [5.41, 5.74) is 0.117. The molecule has 0 aliphatic carbocycles. The topological polar surface area (TPSA) is 87.0 Å². The van der Waals surface area contributed by atoms with E-state index < -0.39 is 14.8 Å². The van der Waals surface area contributed by atoms with Crippen LogP contribution in [-0.2, 0) is 9.84 Å². The number of para-hydroxylation sites is 1. The van der Waals surface area contributed by atoms with Crippen molar-refractivity contribution >= 4 is 21.2 Å². The molecule has 9 heteroatoms. The fourth-order valence-corrected chi connectivity index (χ4v) is 6.11. The van der Waals surface area contributed by atoms with E-state index in [1.807, 2.05) is 4.90 Å². The molecule has 0 spiro atoms. The van der Waals surface area contributed by atoms with E-state index >= 15 is 0 Å². The molecule has 0 saturated carbocycles. The fraction of sp³-hybridized carbons (Fsp3) is 0.684. The van der Waals surface area contributed by atoms with Crippen molar-refractivity contribution in [2.24, 2.45) is 0 Å². The lowest BCUT2D eigenvalue weighted by Crippen LogP contribution is -2.55. The number of anilines is 1. The van der Waals surface area contributed by atoms with Crippen LogP contribution in [0.2, 0.25) is 0 Å². The first-order valence-corrected chi connectivity index (χ1v) is 11.8. The van der Waals surface area contributed by atoms with Crippen LogP contribution in [0.25, 0.3) is 0 Å². The van der Waals surface area contributed by atoms with Crippen molar-refractivity contribution < 1.29 is 13.3 Å². The Morgan fingerprint density at radius 2 is 1.64 bits per heavy atom. The summed E-state index contributed by atoms with van der Waals surface area (Å²) in [5.74, 6) is 0. The van der Waals surface area contributed by atoms with Gasteiger partial charge in [0.2, 0.25) is 0 Å². The summed E-state index contributed by atoms with van der Waals surface area (Å²) in [7, 11) is -1.42. The molecule has 0 amide bonds. The highest BCUT2D eigenvalue weighted by atomic mass is 32.2. The number of sulfone groups is 1. The van der Waals surface area contributed by atoms with Crippen molar-refractivity contribution in [3.05, 3.63) is 28.3 Å². The van der Waals surface area contributed by atoms with Crippen LogP contribution >= 0.6 is 0 Å². The number of hydrogen-bond donors (Lipinski definition) is 0. The molecule has 2 atom stereocenters. The van der Waals surface area contributed by atoms with E-state index in [2.05, 4.69) is 16.8 Å². The third-order valence-electron chi connectivity index (χ3n) is 6.80. The predicted molar refractivity (Wildman–Crippen MR) is 108 cm³/mol. The van der Waals surface area contributed by atoms with E-state index in [9.17, 15) is 18.5 Å². The van der Waals surface area contributed by atoms with Gasteiger partial charge in [0, 0.05) is 50.6 Å². The highest BCUT2D eigenvalue weighted by Gasteiger charge is 2.41. The first-order valence-electron chi connectivity index (χ1n) is 9.94. The highest BCUT2D eigenvalue weighted by molar-refractivity contribution is 7.90. The smallest absolute Gasteiger partial charge is 0.311 e. The highest BCUT2D eigenvalue weighted by Crippen LogP contribution is 2.38. The quantitative estimate of drug-likeness (QED) is 0.554. The Kier molecular flexibility index (Phi) is 5.09. The molecule has 28 heavy (non-hydrogen) atoms. The minimum absolute atomic E-state index is 0.204. The average Bonchev–Trinajstić information content (AvgIpc) is 2.87. The molecular formula is C19H28N4O4S. The standard InChI is InChI=1S/C19H28N4O4S/c1-20-14-6-7-15(20)13-16(12-14)21-8-10-22(11-9-21)17-4-3-5-18(28(2,26)27)19(17)23(24)25/h3-5,14-16H,6-13H2,1-2H3. The average molecular weight is 409 g/mol. The summed E-state index contributed by atoms with van der Waals surface area (Å²) in [6.45, 7) is 3.06. The van der Waals surface area contributed by atoms with Gasteiger partial charge in [0.15, 0.2) is 9.84 Å². The number of nitrogens with zero attached hydrogens (tertiary/aromatic N) is 4. The second-order valence-corrected chi connectivity index (χ2v) is 10.3. The normalized spacial score (nSPS) is 29.2. The van der Waals surface area contributed by atoms with Crippen LogP contribution in [0.3, 0.4) is 0 Å². The lowest BCUT2D eigenvalue weighted by atomic mass is 9.96. The Hall–Kier alpha value is -1.71. The molecule has 2 bridgehead atoms. The number of nitro groups is 1. The Morgan fingerprint density at radius 3 is 2.18 bits per heavy atom. The van der Waals surface area contributed by atoms with Crippen molar-refractivity contribution in [1.82, 2.24) is 9.80 Å². The summed E-state index contributed by atoms with van der Waals surface area (Å²) < 4.78 is 24.0. The van der Waals surface area contributed by atoms with Gasteiger partial charge in [0.05, 0.1) is 4.92 Å². The van der Waals surface area contributed by atoms with Gasteiger partial charge in [-0.3, -0.25) is 15.0 Å². The maximum atomic E-state index is 12.0. The molecule has 4 rings (SSSR count). The number of rotatable bonds is 4. The summed E-state index contributed by atoms with van der Waals surface area (Å²) in [6.07, 6.45) is 6.02. The molecule has 3 fully saturated rings. The van der Waals surface area contributed by atoms with Gasteiger partial charge in [-0.1, -0.05) is 6.07 Å². The largest absolute Gasteiger partial charge is 0.363 e. The van der Waals surface area contributed by atoms with E-state index in [0.717, 1.165) is 19.3 Å². The third-order valence-corrected chi connectivity index (χ3v) is 7.93. The Balaban J connectivity index is 1.49. The number of fused-ring (bicyclic) bond motifs is 2. The van der Waals surface area contributed by atoms with E-state index in [4.69, 9.17) is 0 Å². The zero-order valence-corrected chi connectivity index (χ0v) is 17.3. The number of piperazine rings is 1. The molecule has 2 unspecified atom stereocenters. The summed E-state index contributed by atoms with van der Waals surface area (Å²) in [6, 6.07) is 6.55. The number of piperidine rings is 1. The monoisotopic (exact) mass is 408 g/mol. The molecule has 1 aromatic rings. The van der Waals surface area contributed by atoms with Gasteiger partial charge in [-0.05, 0) is 44.9 Å². The van der Waals surface area contributed by atoms with E-state index in [-0.39, 0.29) is 10.6 Å². The van der Waals surface area contributed by atoms with Crippen LogP contribution in [-0.4, -0.2) is 80.7 Å². The Labute approximate surface area is 166 Å². The molecule has 1 aromatic carbocycles. The van der Waals surface area contributed by atoms with Gasteiger partial charge >= 0.3 is 5.69 Å². The van der Waals surface area contributed by atoms with Crippen molar-refractivity contribution in [1.29, 1.82) is 0 Å². The van der Waals surface area contributed by atoms with Crippen LogP contribution in [0.15, 0.2) is 23.1 Å². The molecule has 3 saturated heterocycles. The van der Waals surface area contributed by atoms with Gasteiger partial charge in [-0.25, -0.2) is 8.42 Å². The second kappa shape index (κ2) is 7.27. The van der Waals surface area contributed by atoms with Gasteiger partial charge in [0.1, 0.15) is 10.6 Å². The van der Waals surface area contributed by atoms with Crippen LogP contribution in [0, 0.1) is 10.1 Å². The SMILES string of the molecule is CN1C2CCC1CC(N1CCN(c3cccc(S(C)(=O)=O)c3[N+](=O)[O-])CC1)C2. The molecular weight excluding hydrogens is 380 g/mol. The summed E-state index contributed by atoms with van der Waals surface area (Å²) in [4.78, 5) is 17.9. The van der Waals surface area contributed by atoms with Gasteiger partial charge < -0.3 is 9.80 Å². The minimum Gasteiger partial charge on any atom is -0.363 e. The van der Waals surface area contributed by atoms with Gasteiger partial charge in [-0.15, -0.1) is 0 Å². The maximum absolute atomic E-state index is 12.0. The lowest BCUT2D eigenvalue weighted by molar-refractivity contribution is -0.387. The molecule has 8 nitrogen and oxygen atoms in total. The van der Waals surface area contributed by atoms with Crippen molar-refractivity contribution in [3.63, 3.8) is 0 Å². The zero-order valence-electron chi connectivity index (χ0n) is 16.5. The van der Waals surface area contributed by atoms with E-state index in [0.29, 0.717) is 36.9 Å². The lowest BCUT2D eigenvalue weighted by Gasteiger charge is -2.45. The summed E-state index contributed by atoms with van der Waals surface area (Å²) >= 11 is 0. The van der Waals surface area contributed by atoms with E-state index in [1.165, 1.54) is 31.7 Å². The Bertz CT molecular complexity index is 853. The van der Waals surface area contributed by atoms with E-state index in [1.54, 1.807) is 12.1 Å². The molecule has 0 radical (unpaired) electrons. The third kappa shape index (κ3) is 3.51. The number of hydrogen-bond acceptors (Lipinski definition) is 7. The molecule has 0 aromatic heterocycles.